The zero-order chi connectivity index (χ0) is 27.0. The Morgan fingerprint density at radius 2 is 1.86 bits per heavy atom. The first kappa shape index (κ1) is 27.4. The van der Waals surface area contributed by atoms with Crippen molar-refractivity contribution in [3.8, 4) is 11.6 Å². The summed E-state index contributed by atoms with van der Waals surface area (Å²) in [6, 6.07) is 13.6. The van der Waals surface area contributed by atoms with E-state index in [1.54, 1.807) is 18.2 Å². The normalized spacial score (nSPS) is 18.7. The fraction of sp³-hybridized carbons (Fsp3) is 0.346. The molecule has 0 spiro atoms. The lowest BCUT2D eigenvalue weighted by atomic mass is 9.75. The standard InChI is InChI=1S/C26H27BBrClN2O6/c1-16(32)20-10-7-18(29)13-21(20)27-36-25(2,3)26(4,37-27)11-12-35-19-8-5-17(6-9-19)15-31-23(33)14-22(28)24(34)30-31/h5-10,13-14H,11-12,15H2,1-4H3,(H,30,34). The fourth-order valence-electron chi connectivity index (χ4n) is 4.13. The second kappa shape index (κ2) is 10.6. The number of rotatable bonds is 8. The average molecular weight is 590 g/mol. The van der Waals surface area contributed by atoms with Crippen LogP contribution < -0.4 is 15.8 Å². The highest BCUT2D eigenvalue weighted by molar-refractivity contribution is 9.10. The maximum absolute atomic E-state index is 12.1. The first-order valence-electron chi connectivity index (χ1n) is 11.7. The van der Waals surface area contributed by atoms with Gasteiger partial charge in [-0.15, -0.1) is 5.10 Å². The highest BCUT2D eigenvalue weighted by Crippen LogP contribution is 2.40. The second-order valence-corrected chi connectivity index (χ2v) is 10.9. The Labute approximate surface area is 228 Å². The van der Waals surface area contributed by atoms with Gasteiger partial charge in [-0.3, -0.25) is 9.59 Å². The zero-order valence-electron chi connectivity index (χ0n) is 21.0. The van der Waals surface area contributed by atoms with Gasteiger partial charge in [-0.25, -0.2) is 4.68 Å². The minimum absolute atomic E-state index is 0.0883. The lowest BCUT2D eigenvalue weighted by Crippen LogP contribution is -2.45. The van der Waals surface area contributed by atoms with Gasteiger partial charge in [0.1, 0.15) is 5.75 Å². The monoisotopic (exact) mass is 588 g/mol. The average Bonchev–Trinajstić information content (AvgIpc) is 3.07. The molecule has 0 aliphatic carbocycles. The number of carbonyl (C=O) groups is 1. The summed E-state index contributed by atoms with van der Waals surface area (Å²) in [5, 5.41) is 14.1. The largest absolute Gasteiger partial charge is 0.495 e. The second-order valence-electron chi connectivity index (χ2n) is 9.65. The molecular weight excluding hydrogens is 562 g/mol. The third-order valence-electron chi connectivity index (χ3n) is 6.73. The van der Waals surface area contributed by atoms with Gasteiger partial charge in [0, 0.05) is 23.1 Å². The number of benzene rings is 2. The van der Waals surface area contributed by atoms with E-state index in [4.69, 9.17) is 25.6 Å². The maximum Gasteiger partial charge on any atom is 0.495 e. The Morgan fingerprint density at radius 1 is 1.16 bits per heavy atom. The smallest absolute Gasteiger partial charge is 0.493 e. The van der Waals surface area contributed by atoms with E-state index in [2.05, 4.69) is 21.0 Å². The summed E-state index contributed by atoms with van der Waals surface area (Å²) in [6.45, 7) is 7.96. The molecule has 1 N–H and O–H groups in total. The van der Waals surface area contributed by atoms with Gasteiger partial charge in [0.25, 0.3) is 5.56 Å². The molecule has 4 rings (SSSR count). The molecule has 2 heterocycles. The lowest BCUT2D eigenvalue weighted by Gasteiger charge is -2.36. The summed E-state index contributed by atoms with van der Waals surface area (Å²) in [7, 11) is -0.730. The Hall–Kier alpha value is -2.66. The summed E-state index contributed by atoms with van der Waals surface area (Å²) in [5.41, 5.74) is 0.283. The number of hydrogen-bond acceptors (Lipinski definition) is 7. The van der Waals surface area contributed by atoms with E-state index in [1.165, 1.54) is 17.7 Å². The number of aromatic hydroxyl groups is 1. The Morgan fingerprint density at radius 3 is 2.54 bits per heavy atom. The molecule has 2 aromatic carbocycles. The van der Waals surface area contributed by atoms with Gasteiger partial charge >= 0.3 is 7.12 Å². The minimum atomic E-state index is -0.730. The number of ketones is 1. The predicted octanol–water partition coefficient (Wildman–Crippen LogP) is 4.36. The van der Waals surface area contributed by atoms with Gasteiger partial charge in [-0.2, -0.15) is 0 Å². The molecule has 1 aliphatic rings. The van der Waals surface area contributed by atoms with Crippen LogP contribution in [0, 0.1) is 0 Å². The van der Waals surface area contributed by atoms with Gasteiger partial charge in [0.2, 0.25) is 5.88 Å². The molecule has 0 amide bonds. The predicted molar refractivity (Wildman–Crippen MR) is 145 cm³/mol. The summed E-state index contributed by atoms with van der Waals surface area (Å²) < 4.78 is 20.0. The van der Waals surface area contributed by atoms with Crippen molar-refractivity contribution in [2.24, 2.45) is 0 Å². The minimum Gasteiger partial charge on any atom is -0.493 e. The molecule has 1 saturated heterocycles. The molecule has 1 fully saturated rings. The fourth-order valence-corrected chi connectivity index (χ4v) is 4.59. The SMILES string of the molecule is CC(=O)c1ccc(Cl)cc1B1OC(C)(C)C(C)(CCOc2ccc(Cn3nc(O)c(Br)cc3=O)cc2)O1. The Bertz CT molecular complexity index is 1380. The van der Waals surface area contributed by atoms with Crippen LogP contribution in [0.15, 0.2) is 57.8 Å². The van der Waals surface area contributed by atoms with Crippen molar-refractivity contribution in [1.29, 1.82) is 0 Å². The van der Waals surface area contributed by atoms with E-state index in [0.29, 0.717) is 34.8 Å². The van der Waals surface area contributed by atoms with Crippen LogP contribution in [0.25, 0.3) is 0 Å². The van der Waals surface area contributed by atoms with Crippen LogP contribution in [0.3, 0.4) is 0 Å². The van der Waals surface area contributed by atoms with Crippen molar-refractivity contribution in [3.63, 3.8) is 0 Å². The molecule has 37 heavy (non-hydrogen) atoms. The quantitative estimate of drug-likeness (QED) is 0.308. The van der Waals surface area contributed by atoms with Crippen molar-refractivity contribution >= 4 is 45.9 Å². The molecule has 1 atom stereocenters. The van der Waals surface area contributed by atoms with E-state index in [1.807, 2.05) is 45.0 Å². The van der Waals surface area contributed by atoms with E-state index >= 15 is 0 Å². The van der Waals surface area contributed by atoms with Crippen LogP contribution in [-0.4, -0.2) is 45.6 Å². The molecule has 8 nitrogen and oxygen atoms in total. The molecule has 1 unspecified atom stereocenters. The van der Waals surface area contributed by atoms with Crippen molar-refractivity contribution < 1.29 is 23.9 Å². The molecule has 11 heteroatoms. The summed E-state index contributed by atoms with van der Waals surface area (Å²) >= 11 is 9.28. The van der Waals surface area contributed by atoms with Crippen LogP contribution in [0.1, 0.15) is 50.0 Å². The molecular formula is C26H27BBrClN2O6. The molecule has 1 aliphatic heterocycles. The molecule has 0 saturated carbocycles. The van der Waals surface area contributed by atoms with Crippen LogP contribution in [0.4, 0.5) is 0 Å². The Balaban J connectivity index is 1.40. The first-order chi connectivity index (χ1) is 17.4. The number of halogens is 2. The summed E-state index contributed by atoms with van der Waals surface area (Å²) in [5.74, 6) is 0.326. The van der Waals surface area contributed by atoms with Gasteiger partial charge in [0.15, 0.2) is 5.78 Å². The topological polar surface area (TPSA) is 99.9 Å². The molecule has 1 aromatic heterocycles. The van der Waals surface area contributed by atoms with E-state index in [-0.39, 0.29) is 28.2 Å². The van der Waals surface area contributed by atoms with Crippen LogP contribution in [0.2, 0.25) is 5.02 Å². The van der Waals surface area contributed by atoms with E-state index in [9.17, 15) is 14.7 Å². The highest BCUT2D eigenvalue weighted by Gasteiger charge is 2.55. The van der Waals surface area contributed by atoms with Gasteiger partial charge in [-0.05, 0) is 78.9 Å². The Kier molecular flexibility index (Phi) is 7.85. The number of ether oxygens (including phenoxy) is 1. The summed E-state index contributed by atoms with van der Waals surface area (Å²) in [6.07, 6.45) is 0.533. The van der Waals surface area contributed by atoms with Gasteiger partial charge in [0.05, 0.1) is 28.8 Å². The molecule has 3 aromatic rings. The van der Waals surface area contributed by atoms with Crippen LogP contribution in [-0.2, 0) is 15.9 Å². The number of aromatic nitrogens is 2. The molecule has 0 bridgehead atoms. The van der Waals surface area contributed by atoms with E-state index < -0.39 is 18.3 Å². The number of carbonyl (C=O) groups excluding carboxylic acids is 1. The third kappa shape index (κ3) is 5.93. The van der Waals surface area contributed by atoms with Crippen molar-refractivity contribution in [3.05, 3.63) is 79.5 Å². The number of hydrogen-bond donors (Lipinski definition) is 1. The lowest BCUT2D eigenvalue weighted by molar-refractivity contribution is -0.0234. The number of nitrogens with zero attached hydrogens (tertiary/aromatic N) is 2. The molecule has 0 radical (unpaired) electrons. The third-order valence-corrected chi connectivity index (χ3v) is 7.55. The van der Waals surface area contributed by atoms with Crippen molar-refractivity contribution in [2.45, 2.75) is 51.9 Å². The van der Waals surface area contributed by atoms with Crippen LogP contribution in [0.5, 0.6) is 11.6 Å². The number of Topliss-reactive ketones (excluding diaryl/α,β-unsaturated/α-hetero) is 1. The van der Waals surface area contributed by atoms with Crippen LogP contribution >= 0.6 is 27.5 Å². The zero-order valence-corrected chi connectivity index (χ0v) is 23.3. The highest BCUT2D eigenvalue weighted by atomic mass is 79.9. The maximum atomic E-state index is 12.1. The van der Waals surface area contributed by atoms with Crippen molar-refractivity contribution in [2.75, 3.05) is 6.61 Å². The van der Waals surface area contributed by atoms with Crippen molar-refractivity contribution in [1.82, 2.24) is 9.78 Å². The van der Waals surface area contributed by atoms with Gasteiger partial charge in [-0.1, -0.05) is 29.8 Å². The molecule has 194 valence electrons. The first-order valence-corrected chi connectivity index (χ1v) is 12.9. The van der Waals surface area contributed by atoms with Gasteiger partial charge < -0.3 is 19.2 Å². The van der Waals surface area contributed by atoms with E-state index in [0.717, 1.165) is 5.56 Å². The summed E-state index contributed by atoms with van der Waals surface area (Å²) in [4.78, 5) is 24.2.